The first-order valence-electron chi connectivity index (χ1n) is 4.66. The number of ether oxygens (including phenoxy) is 1. The van der Waals surface area contributed by atoms with E-state index in [2.05, 4.69) is 0 Å². The second-order valence-corrected chi connectivity index (χ2v) is 4.67. The molecule has 0 spiro atoms. The summed E-state index contributed by atoms with van der Waals surface area (Å²) in [6, 6.07) is 0. The van der Waals surface area contributed by atoms with Gasteiger partial charge in [-0.3, -0.25) is 0 Å². The van der Waals surface area contributed by atoms with Gasteiger partial charge in [-0.15, -0.1) is 0 Å². The van der Waals surface area contributed by atoms with Crippen molar-refractivity contribution in [2.24, 2.45) is 17.8 Å². The van der Waals surface area contributed by atoms with Crippen molar-refractivity contribution in [2.45, 2.75) is 37.8 Å². The largest absolute Gasteiger partial charge is 0.387 e. The Kier molecular flexibility index (Phi) is 1.13. The predicted molar refractivity (Wildman–Crippen MR) is 41.2 cm³/mol. The molecule has 1 saturated heterocycles. The average molecular weight is 170 g/mol. The van der Waals surface area contributed by atoms with E-state index >= 15 is 0 Å². The van der Waals surface area contributed by atoms with Crippen LogP contribution in [-0.2, 0) is 4.74 Å². The van der Waals surface area contributed by atoms with E-state index in [0.29, 0.717) is 17.8 Å². The highest BCUT2D eigenvalue weighted by atomic mass is 16.6. The lowest BCUT2D eigenvalue weighted by molar-refractivity contribution is -0.148. The molecule has 3 rings (SSSR count). The number of hydrogen-bond acceptors (Lipinski definition) is 3. The summed E-state index contributed by atoms with van der Waals surface area (Å²) in [6.07, 6.45) is 1.27. The van der Waals surface area contributed by atoms with Gasteiger partial charge in [-0.1, -0.05) is 0 Å². The minimum atomic E-state index is -0.682. The molecule has 2 bridgehead atoms. The summed E-state index contributed by atoms with van der Waals surface area (Å²) in [5, 5.41) is 19.5. The Morgan fingerprint density at radius 2 is 2.00 bits per heavy atom. The number of rotatable bonds is 0. The summed E-state index contributed by atoms with van der Waals surface area (Å²) in [6.45, 7) is 1.84. The van der Waals surface area contributed by atoms with E-state index in [9.17, 15) is 10.2 Å². The Labute approximate surface area is 71.3 Å². The summed E-state index contributed by atoms with van der Waals surface area (Å²) in [4.78, 5) is 0. The van der Waals surface area contributed by atoms with Gasteiger partial charge in [0, 0.05) is 5.92 Å². The highest BCUT2D eigenvalue weighted by molar-refractivity contribution is 5.12. The molecular weight excluding hydrogens is 156 g/mol. The lowest BCUT2D eigenvalue weighted by Crippen LogP contribution is -2.43. The maximum Gasteiger partial charge on any atom is 0.158 e. The van der Waals surface area contributed by atoms with E-state index in [0.717, 1.165) is 12.8 Å². The second kappa shape index (κ2) is 1.86. The Balaban J connectivity index is 2.02. The number of aliphatic hydroxyl groups is 2. The van der Waals surface area contributed by atoms with Crippen molar-refractivity contribution in [3.05, 3.63) is 0 Å². The SMILES string of the molecule is CC1(O)C2CC3C(C2)[C@@H](O)OC31. The zero-order chi connectivity index (χ0) is 8.51. The van der Waals surface area contributed by atoms with Crippen LogP contribution >= 0.6 is 0 Å². The average Bonchev–Trinajstić information content (AvgIpc) is 2.53. The van der Waals surface area contributed by atoms with Crippen molar-refractivity contribution in [3.8, 4) is 0 Å². The van der Waals surface area contributed by atoms with Gasteiger partial charge in [0.15, 0.2) is 6.29 Å². The maximum atomic E-state index is 10.1. The summed E-state index contributed by atoms with van der Waals surface area (Å²) in [5.74, 6) is 1.08. The van der Waals surface area contributed by atoms with Crippen LogP contribution in [0.1, 0.15) is 19.8 Å². The summed E-state index contributed by atoms with van der Waals surface area (Å²) >= 11 is 0. The van der Waals surface area contributed by atoms with Gasteiger partial charge in [-0.05, 0) is 31.6 Å². The maximum absolute atomic E-state index is 10.1. The van der Waals surface area contributed by atoms with Crippen molar-refractivity contribution in [3.63, 3.8) is 0 Å². The van der Waals surface area contributed by atoms with Crippen molar-refractivity contribution in [2.75, 3.05) is 0 Å². The van der Waals surface area contributed by atoms with Gasteiger partial charge in [0.2, 0.25) is 0 Å². The molecule has 0 amide bonds. The molecule has 68 valence electrons. The van der Waals surface area contributed by atoms with E-state index < -0.39 is 11.9 Å². The third kappa shape index (κ3) is 0.605. The van der Waals surface area contributed by atoms with Gasteiger partial charge < -0.3 is 14.9 Å². The van der Waals surface area contributed by atoms with Crippen LogP contribution in [0.5, 0.6) is 0 Å². The molecule has 0 radical (unpaired) electrons. The van der Waals surface area contributed by atoms with Gasteiger partial charge >= 0.3 is 0 Å². The third-order valence-corrected chi connectivity index (χ3v) is 4.11. The number of aliphatic hydroxyl groups excluding tert-OH is 1. The quantitative estimate of drug-likeness (QED) is 0.542. The first-order valence-corrected chi connectivity index (χ1v) is 4.66. The molecule has 0 aromatic carbocycles. The molecule has 3 fully saturated rings. The monoisotopic (exact) mass is 170 g/mol. The fourth-order valence-electron chi connectivity index (χ4n) is 3.41. The molecule has 5 unspecified atom stereocenters. The van der Waals surface area contributed by atoms with Crippen LogP contribution in [0.2, 0.25) is 0 Å². The Bertz CT molecular complexity index is 226. The Hall–Kier alpha value is -0.120. The minimum absolute atomic E-state index is 0.101. The molecule has 2 saturated carbocycles. The fraction of sp³-hybridized carbons (Fsp3) is 1.00. The molecular formula is C9H14O3. The van der Waals surface area contributed by atoms with Crippen LogP contribution in [0.25, 0.3) is 0 Å². The molecule has 3 nitrogen and oxygen atoms in total. The van der Waals surface area contributed by atoms with Gasteiger partial charge in [-0.25, -0.2) is 0 Å². The lowest BCUT2D eigenvalue weighted by atomic mass is 9.80. The van der Waals surface area contributed by atoms with E-state index in [1.807, 2.05) is 6.92 Å². The molecule has 0 aromatic rings. The van der Waals surface area contributed by atoms with Crippen LogP contribution in [0.4, 0.5) is 0 Å². The summed E-state index contributed by atoms with van der Waals surface area (Å²) < 4.78 is 5.36. The molecule has 3 aliphatic rings. The van der Waals surface area contributed by atoms with Crippen LogP contribution in [-0.4, -0.2) is 28.2 Å². The van der Waals surface area contributed by atoms with Gasteiger partial charge in [-0.2, -0.15) is 0 Å². The zero-order valence-electron chi connectivity index (χ0n) is 7.10. The Morgan fingerprint density at radius 1 is 1.33 bits per heavy atom. The number of hydrogen-bond donors (Lipinski definition) is 2. The van der Waals surface area contributed by atoms with E-state index in [-0.39, 0.29) is 6.10 Å². The van der Waals surface area contributed by atoms with Crippen molar-refractivity contribution in [1.29, 1.82) is 0 Å². The van der Waals surface area contributed by atoms with Gasteiger partial charge in [0.25, 0.3) is 0 Å². The van der Waals surface area contributed by atoms with E-state index in [4.69, 9.17) is 4.74 Å². The molecule has 12 heavy (non-hydrogen) atoms. The second-order valence-electron chi connectivity index (χ2n) is 4.67. The molecule has 2 aliphatic carbocycles. The summed E-state index contributed by atoms with van der Waals surface area (Å²) in [7, 11) is 0. The van der Waals surface area contributed by atoms with E-state index in [1.165, 1.54) is 0 Å². The van der Waals surface area contributed by atoms with Crippen molar-refractivity contribution in [1.82, 2.24) is 0 Å². The van der Waals surface area contributed by atoms with Crippen LogP contribution in [0.3, 0.4) is 0 Å². The lowest BCUT2D eigenvalue weighted by Gasteiger charge is -2.32. The predicted octanol–water partition coefficient (Wildman–Crippen LogP) is 0.111. The molecule has 1 heterocycles. The highest BCUT2D eigenvalue weighted by Gasteiger charge is 2.65. The topological polar surface area (TPSA) is 49.7 Å². The molecule has 3 heteroatoms. The minimum Gasteiger partial charge on any atom is -0.387 e. The smallest absolute Gasteiger partial charge is 0.158 e. The molecule has 6 atom stereocenters. The molecule has 1 aliphatic heterocycles. The van der Waals surface area contributed by atoms with Crippen LogP contribution in [0.15, 0.2) is 0 Å². The Morgan fingerprint density at radius 3 is 2.58 bits per heavy atom. The number of fused-ring (bicyclic) bond motifs is 1. The summed E-state index contributed by atoms with van der Waals surface area (Å²) in [5.41, 5.74) is -0.682. The first-order chi connectivity index (χ1) is 5.60. The van der Waals surface area contributed by atoms with Crippen LogP contribution < -0.4 is 0 Å². The third-order valence-electron chi connectivity index (χ3n) is 4.11. The molecule has 2 N–H and O–H groups in total. The normalized spacial score (nSPS) is 67.8. The highest BCUT2D eigenvalue weighted by Crippen LogP contribution is 2.60. The standard InChI is InChI=1S/C9H14O3/c1-9(11)4-2-5-6(3-4)8(10)12-7(5)9/h4-8,10-11H,2-3H2,1H3/t4?,5?,6?,7?,8-,9?/m0/s1. The van der Waals surface area contributed by atoms with Gasteiger partial charge in [0.1, 0.15) is 0 Å². The first kappa shape index (κ1) is 7.30. The van der Waals surface area contributed by atoms with Gasteiger partial charge in [0.05, 0.1) is 11.7 Å². The van der Waals surface area contributed by atoms with Crippen LogP contribution in [0, 0.1) is 17.8 Å². The van der Waals surface area contributed by atoms with E-state index in [1.54, 1.807) is 0 Å². The molecule has 0 aromatic heterocycles. The van der Waals surface area contributed by atoms with Crippen molar-refractivity contribution >= 4 is 0 Å². The fourth-order valence-corrected chi connectivity index (χ4v) is 3.41. The zero-order valence-corrected chi connectivity index (χ0v) is 7.10. The van der Waals surface area contributed by atoms with Crippen molar-refractivity contribution < 1.29 is 14.9 Å².